The molecule has 0 unspecified atom stereocenters. The van der Waals surface area contributed by atoms with Gasteiger partial charge in [0.05, 0.1) is 5.25 Å². The molecular weight excluding hydrogens is 391 g/mol. The van der Waals surface area contributed by atoms with Crippen LogP contribution in [0.15, 0.2) is 54.0 Å². The molecule has 2 heterocycles. The molecule has 0 aliphatic heterocycles. The molecule has 0 amide bonds. The summed E-state index contributed by atoms with van der Waals surface area (Å²) >= 11 is 0. The van der Waals surface area contributed by atoms with E-state index in [0.717, 1.165) is 24.8 Å². The summed E-state index contributed by atoms with van der Waals surface area (Å²) in [6.45, 7) is -0.706. The Kier molecular flexibility index (Phi) is 7.09. The van der Waals surface area contributed by atoms with E-state index < -0.39 is 21.8 Å². The lowest BCUT2D eigenvalue weighted by atomic mass is 10.0. The Bertz CT molecular complexity index is 982. The Morgan fingerprint density at radius 3 is 2.59 bits per heavy atom. The van der Waals surface area contributed by atoms with Crippen molar-refractivity contribution in [3.63, 3.8) is 0 Å². The fourth-order valence-corrected chi connectivity index (χ4v) is 5.48. The van der Waals surface area contributed by atoms with Crippen molar-refractivity contribution in [3.05, 3.63) is 60.1 Å². The van der Waals surface area contributed by atoms with Crippen LogP contribution in [0.3, 0.4) is 0 Å². The van der Waals surface area contributed by atoms with Gasteiger partial charge in [-0.3, -0.25) is 0 Å². The first-order chi connectivity index (χ1) is 14.0. The summed E-state index contributed by atoms with van der Waals surface area (Å²) in [7, 11) is -3.58. The third-order valence-electron chi connectivity index (χ3n) is 5.02. The van der Waals surface area contributed by atoms with E-state index in [0.29, 0.717) is 30.4 Å². The molecule has 0 atom stereocenters. The van der Waals surface area contributed by atoms with Crippen molar-refractivity contribution in [2.75, 3.05) is 12.4 Å². The smallest absolute Gasteiger partial charge is 0.219 e. The second kappa shape index (κ2) is 9.73. The van der Waals surface area contributed by atoms with Crippen LogP contribution < -0.4 is 5.73 Å². The van der Waals surface area contributed by atoms with Gasteiger partial charge in [0.15, 0.2) is 14.9 Å². The number of allylic oxidation sites excluding steroid dienone is 4. The monoisotopic (exact) mass is 416 g/mol. The summed E-state index contributed by atoms with van der Waals surface area (Å²) in [5.41, 5.74) is 7.25. The highest BCUT2D eigenvalue weighted by Crippen LogP contribution is 2.31. The number of anilines is 1. The summed E-state index contributed by atoms with van der Waals surface area (Å²) < 4.78 is 39.6. The Morgan fingerprint density at radius 1 is 1.17 bits per heavy atom. The molecule has 2 N–H and O–H groups in total. The Morgan fingerprint density at radius 2 is 1.90 bits per heavy atom. The summed E-state index contributed by atoms with van der Waals surface area (Å²) in [5.74, 6) is 0.198. The first-order valence-electron chi connectivity index (χ1n) is 9.70. The molecule has 0 spiro atoms. The van der Waals surface area contributed by atoms with Crippen molar-refractivity contribution < 1.29 is 12.8 Å². The zero-order valence-corrected chi connectivity index (χ0v) is 17.0. The molecule has 0 saturated heterocycles. The average molecular weight is 417 g/mol. The highest BCUT2D eigenvalue weighted by Gasteiger charge is 2.32. The van der Waals surface area contributed by atoms with Crippen LogP contribution in [0.5, 0.6) is 0 Å². The molecule has 1 aliphatic rings. The molecular formula is C21H25FN4O2S. The SMILES string of the molecule is Nc1ncc(C/C=C\C(=C/CF)c2cccnc2S(=O)(=O)C2CCCCC2)cn1. The van der Waals surface area contributed by atoms with Crippen molar-refractivity contribution in [1.29, 1.82) is 0 Å². The Labute approximate surface area is 170 Å². The first kappa shape index (κ1) is 21.1. The van der Waals surface area contributed by atoms with Crippen molar-refractivity contribution in [1.82, 2.24) is 15.0 Å². The van der Waals surface area contributed by atoms with Crippen molar-refractivity contribution >= 4 is 21.4 Å². The van der Waals surface area contributed by atoms with Crippen LogP contribution in [0, 0.1) is 0 Å². The predicted molar refractivity (Wildman–Crippen MR) is 112 cm³/mol. The largest absolute Gasteiger partial charge is 0.368 e. The number of rotatable bonds is 7. The standard InChI is InChI=1S/C21H25FN4O2S/c22-12-11-17(7-4-6-16-14-25-21(23)26-15-16)19-10-5-13-24-20(19)29(27,28)18-8-2-1-3-9-18/h4-5,7,10-11,13-15,18H,1-3,6,8-9,12H2,(H2,23,25,26)/b7-4-,17-11+. The van der Waals surface area contributed by atoms with Crippen LogP contribution >= 0.6 is 0 Å². The Hall–Kier alpha value is -2.61. The van der Waals surface area contributed by atoms with Crippen LogP contribution in [-0.4, -0.2) is 35.3 Å². The van der Waals surface area contributed by atoms with Crippen LogP contribution in [0.1, 0.15) is 43.2 Å². The molecule has 0 aromatic carbocycles. The Balaban J connectivity index is 1.89. The number of halogens is 1. The van der Waals surface area contributed by atoms with Crippen molar-refractivity contribution in [2.45, 2.75) is 48.8 Å². The summed E-state index contributed by atoms with van der Waals surface area (Å²) in [4.78, 5) is 12.1. The number of nitrogens with two attached hydrogens (primary N) is 1. The fourth-order valence-electron chi connectivity index (χ4n) is 3.51. The van der Waals surface area contributed by atoms with Gasteiger partial charge in [0.1, 0.15) is 6.67 Å². The van der Waals surface area contributed by atoms with Gasteiger partial charge < -0.3 is 5.73 Å². The van der Waals surface area contributed by atoms with Crippen molar-refractivity contribution in [2.24, 2.45) is 0 Å². The van der Waals surface area contributed by atoms with Gasteiger partial charge in [-0.2, -0.15) is 0 Å². The zero-order chi connectivity index (χ0) is 20.7. The lowest BCUT2D eigenvalue weighted by molar-refractivity contribution is 0.482. The molecule has 8 heteroatoms. The molecule has 154 valence electrons. The van der Waals surface area contributed by atoms with E-state index in [1.807, 2.05) is 6.08 Å². The number of hydrogen-bond acceptors (Lipinski definition) is 6. The minimum Gasteiger partial charge on any atom is -0.368 e. The second-order valence-corrected chi connectivity index (χ2v) is 9.17. The quantitative estimate of drug-likeness (QED) is 0.691. The first-order valence-corrected chi connectivity index (χ1v) is 11.3. The maximum Gasteiger partial charge on any atom is 0.219 e. The number of aromatic nitrogens is 3. The minimum absolute atomic E-state index is 0.0343. The van der Waals surface area contributed by atoms with Gasteiger partial charge in [0.25, 0.3) is 0 Å². The van der Waals surface area contributed by atoms with Gasteiger partial charge in [0.2, 0.25) is 5.95 Å². The van der Waals surface area contributed by atoms with E-state index in [4.69, 9.17) is 5.73 Å². The predicted octanol–water partition coefficient (Wildman–Crippen LogP) is 3.71. The van der Waals surface area contributed by atoms with E-state index in [9.17, 15) is 12.8 Å². The molecule has 2 aromatic heterocycles. The number of alkyl halides is 1. The number of pyridine rings is 1. The average Bonchev–Trinajstić information content (AvgIpc) is 2.75. The molecule has 1 saturated carbocycles. The normalized spacial score (nSPS) is 16.4. The molecule has 1 fully saturated rings. The maximum absolute atomic E-state index is 13.2. The molecule has 0 bridgehead atoms. The molecule has 29 heavy (non-hydrogen) atoms. The molecule has 3 rings (SSSR count). The lowest BCUT2D eigenvalue weighted by Gasteiger charge is -2.22. The summed E-state index contributed by atoms with van der Waals surface area (Å²) in [6.07, 6.45) is 14.3. The van der Waals surface area contributed by atoms with Gasteiger partial charge in [-0.05, 0) is 48.6 Å². The van der Waals surface area contributed by atoms with Gasteiger partial charge in [-0.1, -0.05) is 31.4 Å². The topological polar surface area (TPSA) is 98.8 Å². The van der Waals surface area contributed by atoms with E-state index in [2.05, 4.69) is 15.0 Å². The molecule has 1 aliphatic carbocycles. The van der Waals surface area contributed by atoms with E-state index >= 15 is 0 Å². The summed E-state index contributed by atoms with van der Waals surface area (Å²) in [6, 6.07) is 3.35. The van der Waals surface area contributed by atoms with Crippen LogP contribution in [0.25, 0.3) is 5.57 Å². The second-order valence-electron chi connectivity index (χ2n) is 7.03. The zero-order valence-electron chi connectivity index (χ0n) is 16.2. The van der Waals surface area contributed by atoms with E-state index in [-0.39, 0.29) is 11.0 Å². The lowest BCUT2D eigenvalue weighted by Crippen LogP contribution is -2.25. The van der Waals surface area contributed by atoms with Crippen LogP contribution in [0.2, 0.25) is 0 Å². The number of nitrogens with zero attached hydrogens (tertiary/aromatic N) is 3. The van der Waals surface area contributed by atoms with Crippen molar-refractivity contribution in [3.8, 4) is 0 Å². The van der Waals surface area contributed by atoms with Gasteiger partial charge in [0, 0.05) is 24.2 Å². The highest BCUT2D eigenvalue weighted by molar-refractivity contribution is 7.92. The van der Waals surface area contributed by atoms with Gasteiger partial charge in [-0.15, -0.1) is 0 Å². The number of nitrogen functional groups attached to an aromatic ring is 1. The minimum atomic E-state index is -3.58. The van der Waals surface area contributed by atoms with Crippen LogP contribution in [-0.2, 0) is 16.3 Å². The fraction of sp³-hybridized carbons (Fsp3) is 0.381. The van der Waals surface area contributed by atoms with Crippen LogP contribution in [0.4, 0.5) is 10.3 Å². The van der Waals surface area contributed by atoms with Gasteiger partial charge >= 0.3 is 0 Å². The van der Waals surface area contributed by atoms with E-state index in [1.165, 1.54) is 12.3 Å². The highest BCUT2D eigenvalue weighted by atomic mass is 32.2. The molecule has 6 nitrogen and oxygen atoms in total. The van der Waals surface area contributed by atoms with E-state index in [1.54, 1.807) is 30.6 Å². The molecule has 2 aromatic rings. The third-order valence-corrected chi connectivity index (χ3v) is 7.23. The molecule has 0 radical (unpaired) electrons. The number of hydrogen-bond donors (Lipinski definition) is 1. The maximum atomic E-state index is 13.2. The third kappa shape index (κ3) is 5.26. The number of sulfone groups is 1. The summed E-state index contributed by atoms with van der Waals surface area (Å²) in [5, 5.41) is -0.389. The van der Waals surface area contributed by atoms with Gasteiger partial charge in [-0.25, -0.2) is 27.8 Å².